The van der Waals surface area contributed by atoms with E-state index in [4.69, 9.17) is 4.74 Å². The summed E-state index contributed by atoms with van der Waals surface area (Å²) in [5.74, 6) is -5.54. The van der Waals surface area contributed by atoms with Crippen molar-refractivity contribution in [3.05, 3.63) is 102 Å². The fraction of sp³-hybridized carbons (Fsp3) is 0.212. The number of fused-ring (bicyclic) bond motifs is 2. The van der Waals surface area contributed by atoms with Crippen molar-refractivity contribution in [2.75, 3.05) is 12.4 Å². The molecule has 0 saturated carbocycles. The Hall–Kier alpha value is -5.20. The molecule has 46 heavy (non-hydrogen) atoms. The van der Waals surface area contributed by atoms with E-state index in [9.17, 15) is 35.9 Å². The number of pyridine rings is 2. The smallest absolute Gasteiger partial charge is 0.408 e. The molecule has 0 unspecified atom stereocenters. The number of anilines is 1. The van der Waals surface area contributed by atoms with E-state index in [1.165, 1.54) is 13.0 Å². The van der Waals surface area contributed by atoms with Gasteiger partial charge in [0.1, 0.15) is 35.1 Å². The number of amides is 1. The summed E-state index contributed by atoms with van der Waals surface area (Å²) >= 11 is 0. The number of carbonyl (C=O) groups excluding carboxylic acids is 2. The van der Waals surface area contributed by atoms with Crippen LogP contribution in [0.2, 0.25) is 0 Å². The zero-order valence-electron chi connectivity index (χ0n) is 24.4. The molecule has 238 valence electrons. The summed E-state index contributed by atoms with van der Waals surface area (Å²) in [4.78, 5) is 34.7. The van der Waals surface area contributed by atoms with Crippen molar-refractivity contribution in [2.24, 2.45) is 0 Å². The molecule has 5 rings (SSSR count). The van der Waals surface area contributed by atoms with Crippen molar-refractivity contribution in [1.29, 1.82) is 0 Å². The normalized spacial score (nSPS) is 13.0. The minimum Gasteiger partial charge on any atom is -0.467 e. The number of hydrogen-bond donors (Lipinski definition) is 2. The Morgan fingerprint density at radius 1 is 0.848 bits per heavy atom. The number of nitrogens with zero attached hydrogens (tertiary/aromatic N) is 2. The van der Waals surface area contributed by atoms with Gasteiger partial charge in [0.05, 0.1) is 18.1 Å². The predicted octanol–water partition coefficient (Wildman–Crippen LogP) is 7.13. The predicted molar refractivity (Wildman–Crippen MR) is 160 cm³/mol. The molecule has 0 aliphatic rings. The van der Waals surface area contributed by atoms with Gasteiger partial charge in [-0.2, -0.15) is 13.2 Å². The van der Waals surface area contributed by atoms with E-state index in [1.54, 1.807) is 54.9 Å². The number of aromatic nitrogens is 2. The first-order valence-corrected chi connectivity index (χ1v) is 14.0. The first-order chi connectivity index (χ1) is 21.9. The minimum absolute atomic E-state index is 0.185. The summed E-state index contributed by atoms with van der Waals surface area (Å²) in [7, 11) is 1.07. The molecule has 1 amide bonds. The van der Waals surface area contributed by atoms with Crippen molar-refractivity contribution in [2.45, 2.75) is 38.0 Å². The monoisotopic (exact) mass is 640 g/mol. The van der Waals surface area contributed by atoms with Gasteiger partial charge in [-0.3, -0.25) is 14.8 Å². The van der Waals surface area contributed by atoms with Gasteiger partial charge in [-0.25, -0.2) is 18.0 Å². The molecular weight excluding hydrogens is 614 g/mol. The Morgan fingerprint density at radius 2 is 1.43 bits per heavy atom. The van der Waals surface area contributed by atoms with Gasteiger partial charge < -0.3 is 15.4 Å². The first-order valence-electron chi connectivity index (χ1n) is 14.0. The van der Waals surface area contributed by atoms with Crippen LogP contribution in [0.25, 0.3) is 32.9 Å². The number of nitrogens with one attached hydrogen (secondary N) is 2. The first kappa shape index (κ1) is 32.2. The lowest BCUT2D eigenvalue weighted by Gasteiger charge is -2.22. The van der Waals surface area contributed by atoms with Crippen LogP contribution in [0, 0.1) is 17.5 Å². The number of rotatable bonds is 9. The summed E-state index contributed by atoms with van der Waals surface area (Å²) in [6.07, 6.45) is -2.17. The van der Waals surface area contributed by atoms with Crippen LogP contribution in [0.3, 0.4) is 0 Å². The number of carbonyl (C=O) groups is 2. The van der Waals surface area contributed by atoms with Gasteiger partial charge in [-0.05, 0) is 54.4 Å². The summed E-state index contributed by atoms with van der Waals surface area (Å²) < 4.78 is 88.7. The van der Waals surface area contributed by atoms with E-state index >= 15 is 0 Å². The number of hydrogen-bond acceptors (Lipinski definition) is 6. The molecule has 2 heterocycles. The molecule has 2 aromatic heterocycles. The Morgan fingerprint density at radius 3 is 2.02 bits per heavy atom. The standard InChI is InChI=1S/C33H26F6N4O3/c1-3-27(33(37,38)39)42-18-15-24(35)28(25(36)16-18)31(44)43-26(32(45)46-2)14-17-8-9-20(29-19(17)6-4-12-40-29)21-10-11-23(34)22-7-5-13-41-30(21)22/h4-13,15-16,26-27,42H,3,14H2,1-2H3,(H,43,44)/t26-,27+/m0/s1. The van der Waals surface area contributed by atoms with Crippen LogP contribution in [0.5, 0.6) is 0 Å². The second-order valence-electron chi connectivity index (χ2n) is 10.4. The molecule has 0 fully saturated rings. The molecule has 0 aliphatic carbocycles. The zero-order chi connectivity index (χ0) is 33.2. The van der Waals surface area contributed by atoms with Crippen molar-refractivity contribution >= 4 is 39.4 Å². The van der Waals surface area contributed by atoms with Crippen LogP contribution >= 0.6 is 0 Å². The molecule has 0 radical (unpaired) electrons. The van der Waals surface area contributed by atoms with Gasteiger partial charge in [0.15, 0.2) is 0 Å². The summed E-state index contributed by atoms with van der Waals surface area (Å²) in [5.41, 5.74) is 1.04. The molecule has 0 saturated heterocycles. The van der Waals surface area contributed by atoms with E-state index < -0.39 is 65.3 Å². The van der Waals surface area contributed by atoms with E-state index in [1.807, 2.05) is 5.32 Å². The van der Waals surface area contributed by atoms with Gasteiger partial charge in [0, 0.05) is 46.4 Å². The third-order valence-corrected chi connectivity index (χ3v) is 7.50. The van der Waals surface area contributed by atoms with E-state index in [0.29, 0.717) is 50.6 Å². The molecule has 2 atom stereocenters. The number of benzene rings is 3. The lowest BCUT2D eigenvalue weighted by molar-refractivity contribution is -0.143. The SMILES string of the molecule is CC[C@@H](Nc1cc(F)c(C(=O)N[C@@H](Cc2ccc(-c3ccc(F)c4cccnc34)c3ncccc23)C(=O)OC)c(F)c1)C(F)(F)F. The Labute approximate surface area is 258 Å². The molecule has 7 nitrogen and oxygen atoms in total. The highest BCUT2D eigenvalue weighted by Gasteiger charge is 2.38. The third-order valence-electron chi connectivity index (χ3n) is 7.50. The minimum atomic E-state index is -4.67. The molecule has 0 spiro atoms. The van der Waals surface area contributed by atoms with E-state index in [2.05, 4.69) is 15.3 Å². The number of alkyl halides is 3. The van der Waals surface area contributed by atoms with Crippen LogP contribution in [-0.2, 0) is 16.0 Å². The second-order valence-corrected chi connectivity index (χ2v) is 10.4. The Bertz CT molecular complexity index is 1930. The molecule has 0 bridgehead atoms. The molecule has 3 aromatic carbocycles. The fourth-order valence-corrected chi connectivity index (χ4v) is 5.26. The Balaban J connectivity index is 1.46. The quantitative estimate of drug-likeness (QED) is 0.132. The van der Waals surface area contributed by atoms with E-state index in [0.717, 1.165) is 7.11 Å². The van der Waals surface area contributed by atoms with Gasteiger partial charge in [0.2, 0.25) is 0 Å². The van der Waals surface area contributed by atoms with Crippen LogP contribution in [-0.4, -0.2) is 47.2 Å². The number of methoxy groups -OCH3 is 1. The average molecular weight is 641 g/mol. The lowest BCUT2D eigenvalue weighted by Crippen LogP contribution is -2.43. The topological polar surface area (TPSA) is 93.2 Å². The summed E-state index contributed by atoms with van der Waals surface area (Å²) in [6, 6.07) is 10.6. The van der Waals surface area contributed by atoms with Gasteiger partial charge in [-0.15, -0.1) is 0 Å². The maximum Gasteiger partial charge on any atom is 0.408 e. The van der Waals surface area contributed by atoms with E-state index in [-0.39, 0.29) is 6.42 Å². The summed E-state index contributed by atoms with van der Waals surface area (Å²) in [6.45, 7) is 1.25. The Kier molecular flexibility index (Phi) is 9.12. The lowest BCUT2D eigenvalue weighted by atomic mass is 9.94. The molecule has 0 aliphatic heterocycles. The maximum atomic E-state index is 14.9. The summed E-state index contributed by atoms with van der Waals surface area (Å²) in [5, 5.41) is 5.19. The highest BCUT2D eigenvalue weighted by Crippen LogP contribution is 2.35. The van der Waals surface area contributed by atoms with Gasteiger partial charge in [-0.1, -0.05) is 25.1 Å². The van der Waals surface area contributed by atoms with Gasteiger partial charge >= 0.3 is 12.1 Å². The second kappa shape index (κ2) is 13.0. The molecule has 13 heteroatoms. The maximum absolute atomic E-state index is 14.9. The van der Waals surface area contributed by atoms with Crippen LogP contribution in [0.4, 0.5) is 32.0 Å². The van der Waals surface area contributed by atoms with Crippen molar-refractivity contribution in [3.63, 3.8) is 0 Å². The van der Waals surface area contributed by atoms with Gasteiger partial charge in [0.25, 0.3) is 5.91 Å². The molecule has 5 aromatic rings. The van der Waals surface area contributed by atoms with Crippen molar-refractivity contribution in [3.8, 4) is 11.1 Å². The van der Waals surface area contributed by atoms with Crippen LogP contribution < -0.4 is 10.6 Å². The van der Waals surface area contributed by atoms with Crippen LogP contribution in [0.15, 0.2) is 73.1 Å². The van der Waals surface area contributed by atoms with Crippen molar-refractivity contribution < 1.29 is 40.7 Å². The number of ether oxygens (including phenoxy) is 1. The number of halogens is 6. The zero-order valence-corrected chi connectivity index (χ0v) is 24.4. The average Bonchev–Trinajstić information content (AvgIpc) is 3.02. The highest BCUT2D eigenvalue weighted by molar-refractivity contribution is 6.03. The third kappa shape index (κ3) is 6.44. The molecule has 2 N–H and O–H groups in total. The number of esters is 1. The van der Waals surface area contributed by atoms with Crippen molar-refractivity contribution in [1.82, 2.24) is 15.3 Å². The highest BCUT2D eigenvalue weighted by atomic mass is 19.4. The van der Waals surface area contributed by atoms with Crippen LogP contribution in [0.1, 0.15) is 29.3 Å². The fourth-order valence-electron chi connectivity index (χ4n) is 5.26. The molecular formula is C33H26F6N4O3. The largest absolute Gasteiger partial charge is 0.467 e.